The number of hydrogen-bond donors (Lipinski definition) is 0. The lowest BCUT2D eigenvalue weighted by Gasteiger charge is -2.34. The smallest absolute Gasteiger partial charge is 0.410 e. The van der Waals surface area contributed by atoms with Crippen molar-refractivity contribution in [3.8, 4) is 0 Å². The van der Waals surface area contributed by atoms with Gasteiger partial charge in [0.15, 0.2) is 0 Å². The van der Waals surface area contributed by atoms with Gasteiger partial charge in [0.1, 0.15) is 5.60 Å². The fourth-order valence-corrected chi connectivity index (χ4v) is 2.02. The molecule has 6 nitrogen and oxygen atoms in total. The molecule has 2 heterocycles. The van der Waals surface area contributed by atoms with Gasteiger partial charge in [-0.1, -0.05) is 6.57 Å². The highest BCUT2D eigenvalue weighted by Gasteiger charge is 2.32. The van der Waals surface area contributed by atoms with Crippen LogP contribution >= 0.6 is 0 Å². The van der Waals surface area contributed by atoms with Gasteiger partial charge in [0.05, 0.1) is 24.8 Å². The van der Waals surface area contributed by atoms with Gasteiger partial charge < -0.3 is 9.58 Å². The van der Waals surface area contributed by atoms with Crippen LogP contribution in [0, 0.1) is 6.57 Å². The van der Waals surface area contributed by atoms with Crippen LogP contribution in [-0.2, 0) is 17.8 Å². The molecule has 0 radical (unpaired) electrons. The molecule has 0 unspecified atom stereocenters. The largest absolute Gasteiger partial charge is 0.444 e. The second-order valence-corrected chi connectivity index (χ2v) is 5.75. The molecule has 1 aliphatic rings. The first-order valence-electron chi connectivity index (χ1n) is 6.24. The summed E-state index contributed by atoms with van der Waals surface area (Å²) in [4.78, 5) is 17.1. The highest BCUT2D eigenvalue weighted by molar-refractivity contribution is 5.68. The third kappa shape index (κ3) is 2.87. The normalized spacial score (nSPS) is 18.7. The van der Waals surface area contributed by atoms with Crippen molar-refractivity contribution in [1.29, 1.82) is 0 Å². The topological polar surface area (TPSA) is 51.7 Å². The highest BCUT2D eigenvalue weighted by atomic mass is 16.6. The molecule has 102 valence electrons. The Morgan fingerprint density at radius 1 is 1.58 bits per heavy atom. The molecule has 6 heteroatoms. The second kappa shape index (κ2) is 4.57. The molecule has 0 saturated heterocycles. The van der Waals surface area contributed by atoms with E-state index in [1.54, 1.807) is 15.6 Å². The number of nitrogens with zero attached hydrogens (tertiary/aromatic N) is 4. The van der Waals surface area contributed by atoms with E-state index < -0.39 is 5.60 Å². The van der Waals surface area contributed by atoms with Crippen molar-refractivity contribution in [3.63, 3.8) is 0 Å². The van der Waals surface area contributed by atoms with E-state index >= 15 is 0 Å². The Bertz CT molecular complexity index is 536. The van der Waals surface area contributed by atoms with Crippen LogP contribution in [0.3, 0.4) is 0 Å². The molecule has 1 amide bonds. The van der Waals surface area contributed by atoms with Gasteiger partial charge in [-0.15, -0.1) is 0 Å². The van der Waals surface area contributed by atoms with E-state index in [-0.39, 0.29) is 12.1 Å². The second-order valence-electron chi connectivity index (χ2n) is 5.75. The SMILES string of the molecule is [C-]#[N+]c1cc2n(n1)C[C@@H](C)N(C(=O)OC(C)(C)C)C2. The zero-order valence-electron chi connectivity index (χ0n) is 11.7. The molecule has 0 spiro atoms. The van der Waals surface area contributed by atoms with Gasteiger partial charge in [0.2, 0.25) is 0 Å². The van der Waals surface area contributed by atoms with Crippen molar-refractivity contribution in [2.75, 3.05) is 0 Å². The number of carbonyl (C=O) groups excluding carboxylic acids is 1. The third-order valence-electron chi connectivity index (χ3n) is 2.89. The Morgan fingerprint density at radius 2 is 2.26 bits per heavy atom. The number of hydrogen-bond acceptors (Lipinski definition) is 3. The first kappa shape index (κ1) is 13.4. The summed E-state index contributed by atoms with van der Waals surface area (Å²) in [6.07, 6.45) is -0.322. The Kier molecular flexibility index (Phi) is 3.23. The van der Waals surface area contributed by atoms with Gasteiger partial charge in [-0.25, -0.2) is 4.79 Å². The minimum Gasteiger partial charge on any atom is -0.444 e. The predicted octanol–water partition coefficient (Wildman–Crippen LogP) is 2.57. The average molecular weight is 262 g/mol. The fraction of sp³-hybridized carbons (Fsp3) is 0.615. The molecule has 1 aliphatic heterocycles. The minimum atomic E-state index is -0.504. The van der Waals surface area contributed by atoms with Gasteiger partial charge in [-0.3, -0.25) is 4.90 Å². The molecule has 0 bridgehead atoms. The standard InChI is InChI=1S/C13H18N4O2/c1-9-7-17-10(6-11(14-5)15-17)8-16(9)12(18)19-13(2,3)4/h6,9H,7-8H2,1-4H3/t9-/m1/s1. The number of rotatable bonds is 0. The quantitative estimate of drug-likeness (QED) is 0.675. The predicted molar refractivity (Wildman–Crippen MR) is 69.7 cm³/mol. The molecule has 0 fully saturated rings. The van der Waals surface area contributed by atoms with Crippen LogP contribution in [0.15, 0.2) is 6.07 Å². The van der Waals surface area contributed by atoms with Gasteiger partial charge in [-0.05, 0) is 38.9 Å². The van der Waals surface area contributed by atoms with E-state index in [0.29, 0.717) is 18.9 Å². The summed E-state index contributed by atoms with van der Waals surface area (Å²) in [5.41, 5.74) is 0.367. The molecule has 0 N–H and O–H groups in total. The summed E-state index contributed by atoms with van der Waals surface area (Å²) in [6, 6.07) is 1.72. The summed E-state index contributed by atoms with van der Waals surface area (Å²) in [7, 11) is 0. The van der Waals surface area contributed by atoms with Crippen molar-refractivity contribution in [2.24, 2.45) is 0 Å². The summed E-state index contributed by atoms with van der Waals surface area (Å²) in [6.45, 7) is 15.5. The maximum atomic E-state index is 12.1. The maximum absolute atomic E-state index is 12.1. The summed E-state index contributed by atoms with van der Waals surface area (Å²) >= 11 is 0. The first-order valence-corrected chi connectivity index (χ1v) is 6.24. The van der Waals surface area contributed by atoms with E-state index in [4.69, 9.17) is 11.3 Å². The van der Waals surface area contributed by atoms with Crippen LogP contribution in [-0.4, -0.2) is 32.4 Å². The van der Waals surface area contributed by atoms with E-state index in [1.807, 2.05) is 27.7 Å². The average Bonchev–Trinajstić information content (AvgIpc) is 2.67. The Balaban J connectivity index is 2.17. The molecule has 0 aliphatic carbocycles. The van der Waals surface area contributed by atoms with Crippen molar-refractivity contribution < 1.29 is 9.53 Å². The number of amides is 1. The van der Waals surface area contributed by atoms with Crippen molar-refractivity contribution in [3.05, 3.63) is 23.2 Å². The van der Waals surface area contributed by atoms with Crippen LogP contribution in [0.2, 0.25) is 0 Å². The summed E-state index contributed by atoms with van der Waals surface area (Å²) < 4.78 is 7.18. The van der Waals surface area contributed by atoms with Gasteiger partial charge in [0.25, 0.3) is 5.82 Å². The molecule has 1 aromatic heterocycles. The monoisotopic (exact) mass is 262 g/mol. The minimum absolute atomic E-state index is 0.000772. The molecule has 2 rings (SSSR count). The van der Waals surface area contributed by atoms with Gasteiger partial charge in [0, 0.05) is 0 Å². The number of ether oxygens (including phenoxy) is 1. The van der Waals surface area contributed by atoms with E-state index in [9.17, 15) is 4.79 Å². The van der Waals surface area contributed by atoms with Crippen LogP contribution < -0.4 is 0 Å². The molecule has 0 saturated carbocycles. The Morgan fingerprint density at radius 3 is 2.84 bits per heavy atom. The van der Waals surface area contributed by atoms with Crippen LogP contribution in [0.25, 0.3) is 4.85 Å². The lowest BCUT2D eigenvalue weighted by Crippen LogP contribution is -2.46. The third-order valence-corrected chi connectivity index (χ3v) is 2.89. The number of aromatic nitrogens is 2. The molecular formula is C13H18N4O2. The zero-order valence-corrected chi connectivity index (χ0v) is 11.7. The summed E-state index contributed by atoms with van der Waals surface area (Å²) in [5, 5.41) is 4.17. The molecule has 19 heavy (non-hydrogen) atoms. The van der Waals surface area contributed by atoms with E-state index in [2.05, 4.69) is 9.94 Å². The van der Waals surface area contributed by atoms with E-state index in [1.165, 1.54) is 0 Å². The lowest BCUT2D eigenvalue weighted by molar-refractivity contribution is 0.00908. The van der Waals surface area contributed by atoms with Crippen LogP contribution in [0.5, 0.6) is 0 Å². The number of fused-ring (bicyclic) bond motifs is 1. The van der Waals surface area contributed by atoms with Crippen LogP contribution in [0.1, 0.15) is 33.4 Å². The van der Waals surface area contributed by atoms with Gasteiger partial charge >= 0.3 is 6.09 Å². The Labute approximate surface area is 112 Å². The first-order chi connectivity index (χ1) is 8.80. The maximum Gasteiger partial charge on any atom is 0.410 e. The van der Waals surface area contributed by atoms with Crippen molar-refractivity contribution in [1.82, 2.24) is 14.7 Å². The fourth-order valence-electron chi connectivity index (χ4n) is 2.02. The van der Waals surface area contributed by atoms with Crippen molar-refractivity contribution in [2.45, 2.75) is 52.4 Å². The highest BCUT2D eigenvalue weighted by Crippen LogP contribution is 2.23. The molecule has 1 atom stereocenters. The van der Waals surface area contributed by atoms with Gasteiger partial charge in [-0.2, -0.15) is 4.68 Å². The molecule has 0 aromatic carbocycles. The summed E-state index contributed by atoms with van der Waals surface area (Å²) in [5.74, 6) is 0.369. The molecule has 1 aromatic rings. The van der Waals surface area contributed by atoms with E-state index in [0.717, 1.165) is 5.69 Å². The zero-order chi connectivity index (χ0) is 14.2. The van der Waals surface area contributed by atoms with Crippen LogP contribution in [0.4, 0.5) is 10.6 Å². The number of carbonyl (C=O) groups is 1. The molecular weight excluding hydrogens is 244 g/mol. The Hall–Kier alpha value is -2.03. The lowest BCUT2D eigenvalue weighted by atomic mass is 10.2. The van der Waals surface area contributed by atoms with Crippen molar-refractivity contribution >= 4 is 11.9 Å².